The molecular formula is C13H17N3O2. The van der Waals surface area contributed by atoms with Crippen LogP contribution in [0.25, 0.3) is 0 Å². The molecule has 0 amide bonds. The maximum atomic E-state index is 5.32. The molecule has 0 aliphatic carbocycles. The van der Waals surface area contributed by atoms with Gasteiger partial charge in [0.15, 0.2) is 0 Å². The number of rotatable bonds is 5. The van der Waals surface area contributed by atoms with Gasteiger partial charge >= 0.3 is 0 Å². The van der Waals surface area contributed by atoms with Gasteiger partial charge in [-0.05, 0) is 18.2 Å². The van der Waals surface area contributed by atoms with Crippen molar-refractivity contribution in [3.63, 3.8) is 0 Å². The Bertz CT molecular complexity index is 523. The van der Waals surface area contributed by atoms with Crippen molar-refractivity contribution in [3.05, 3.63) is 36.0 Å². The molecule has 2 aromatic rings. The van der Waals surface area contributed by atoms with Crippen molar-refractivity contribution in [3.8, 4) is 11.5 Å². The highest BCUT2D eigenvalue weighted by Gasteiger charge is 2.05. The van der Waals surface area contributed by atoms with E-state index >= 15 is 0 Å². The molecule has 0 fully saturated rings. The third kappa shape index (κ3) is 2.74. The van der Waals surface area contributed by atoms with Crippen LogP contribution in [0.1, 0.15) is 5.56 Å². The van der Waals surface area contributed by atoms with Crippen molar-refractivity contribution in [2.75, 3.05) is 19.5 Å². The van der Waals surface area contributed by atoms with Crippen molar-refractivity contribution in [2.45, 2.75) is 6.54 Å². The molecule has 18 heavy (non-hydrogen) atoms. The molecule has 2 rings (SSSR count). The molecule has 0 saturated heterocycles. The maximum absolute atomic E-state index is 5.32. The van der Waals surface area contributed by atoms with E-state index in [4.69, 9.17) is 9.47 Å². The van der Waals surface area contributed by atoms with Gasteiger partial charge in [0, 0.05) is 31.4 Å². The van der Waals surface area contributed by atoms with Crippen LogP contribution >= 0.6 is 0 Å². The molecule has 0 atom stereocenters. The monoisotopic (exact) mass is 247 g/mol. The summed E-state index contributed by atoms with van der Waals surface area (Å²) in [6.45, 7) is 0.636. The largest absolute Gasteiger partial charge is 0.497 e. The number of aryl methyl sites for hydroxylation is 1. The molecule has 96 valence electrons. The van der Waals surface area contributed by atoms with Crippen LogP contribution in [0.15, 0.2) is 30.5 Å². The Morgan fingerprint density at radius 3 is 2.67 bits per heavy atom. The number of nitrogens with zero attached hydrogens (tertiary/aromatic N) is 2. The minimum Gasteiger partial charge on any atom is -0.497 e. The Hall–Kier alpha value is -2.17. The summed E-state index contributed by atoms with van der Waals surface area (Å²) in [7, 11) is 5.20. The van der Waals surface area contributed by atoms with Gasteiger partial charge in [0.25, 0.3) is 0 Å². The highest BCUT2D eigenvalue weighted by atomic mass is 16.5. The zero-order chi connectivity index (χ0) is 13.0. The summed E-state index contributed by atoms with van der Waals surface area (Å²) in [6.07, 6.45) is 1.89. The van der Waals surface area contributed by atoms with Gasteiger partial charge in [-0.3, -0.25) is 4.68 Å². The predicted octanol–water partition coefficient (Wildman–Crippen LogP) is 2.05. The van der Waals surface area contributed by atoms with Crippen molar-refractivity contribution in [2.24, 2.45) is 7.05 Å². The lowest BCUT2D eigenvalue weighted by molar-refractivity contribution is 0.399. The van der Waals surface area contributed by atoms with Gasteiger partial charge in [-0.15, -0.1) is 0 Å². The number of ether oxygens (including phenoxy) is 2. The molecule has 0 spiro atoms. The minimum atomic E-state index is 0.636. The zero-order valence-corrected chi connectivity index (χ0v) is 10.8. The summed E-state index contributed by atoms with van der Waals surface area (Å²) in [5.74, 6) is 2.48. The van der Waals surface area contributed by atoms with E-state index in [0.717, 1.165) is 22.9 Å². The van der Waals surface area contributed by atoms with Gasteiger partial charge in [-0.1, -0.05) is 0 Å². The number of hydrogen-bond donors (Lipinski definition) is 1. The lowest BCUT2D eigenvalue weighted by Gasteiger charge is -2.10. The topological polar surface area (TPSA) is 48.3 Å². The van der Waals surface area contributed by atoms with E-state index in [-0.39, 0.29) is 0 Å². The number of benzene rings is 1. The van der Waals surface area contributed by atoms with Crippen LogP contribution in [0.5, 0.6) is 11.5 Å². The average molecular weight is 247 g/mol. The fourth-order valence-corrected chi connectivity index (χ4v) is 1.72. The van der Waals surface area contributed by atoms with E-state index < -0.39 is 0 Å². The van der Waals surface area contributed by atoms with Gasteiger partial charge in [0.2, 0.25) is 0 Å². The van der Waals surface area contributed by atoms with Gasteiger partial charge in [-0.2, -0.15) is 5.10 Å². The summed E-state index contributed by atoms with van der Waals surface area (Å²) in [4.78, 5) is 0. The molecule has 0 aliphatic heterocycles. The third-order valence-electron chi connectivity index (χ3n) is 2.66. The molecule has 0 aliphatic rings. The van der Waals surface area contributed by atoms with Crippen molar-refractivity contribution in [1.29, 1.82) is 0 Å². The van der Waals surface area contributed by atoms with Crippen molar-refractivity contribution < 1.29 is 9.47 Å². The van der Waals surface area contributed by atoms with Gasteiger partial charge in [0.1, 0.15) is 17.3 Å². The lowest BCUT2D eigenvalue weighted by atomic mass is 10.2. The van der Waals surface area contributed by atoms with Crippen molar-refractivity contribution >= 4 is 5.82 Å². The first-order valence-corrected chi connectivity index (χ1v) is 5.67. The van der Waals surface area contributed by atoms with Gasteiger partial charge in [-0.25, -0.2) is 0 Å². The second kappa shape index (κ2) is 5.44. The van der Waals surface area contributed by atoms with E-state index in [9.17, 15) is 0 Å². The Kier molecular flexibility index (Phi) is 3.72. The van der Waals surface area contributed by atoms with E-state index in [1.165, 1.54) is 0 Å². The maximum Gasteiger partial charge on any atom is 0.148 e. The van der Waals surface area contributed by atoms with Crippen molar-refractivity contribution in [1.82, 2.24) is 9.78 Å². The first-order chi connectivity index (χ1) is 8.72. The molecule has 0 saturated carbocycles. The summed E-state index contributed by atoms with van der Waals surface area (Å²) < 4.78 is 12.3. The molecule has 1 aromatic carbocycles. The number of nitrogens with one attached hydrogen (secondary N) is 1. The zero-order valence-electron chi connectivity index (χ0n) is 10.8. The molecule has 0 bridgehead atoms. The SMILES string of the molecule is COc1ccc(OC)c(CNc2ccn(C)n2)c1. The molecule has 1 N–H and O–H groups in total. The van der Waals surface area contributed by atoms with Gasteiger partial charge < -0.3 is 14.8 Å². The molecule has 5 heteroatoms. The highest BCUT2D eigenvalue weighted by molar-refractivity contribution is 5.43. The number of methoxy groups -OCH3 is 2. The highest BCUT2D eigenvalue weighted by Crippen LogP contribution is 2.24. The van der Waals surface area contributed by atoms with E-state index in [2.05, 4.69) is 10.4 Å². The van der Waals surface area contributed by atoms with Crippen LogP contribution in [0.3, 0.4) is 0 Å². The quantitative estimate of drug-likeness (QED) is 0.878. The summed E-state index contributed by atoms with van der Waals surface area (Å²) in [5.41, 5.74) is 1.03. The van der Waals surface area contributed by atoms with Crippen LogP contribution in [0.4, 0.5) is 5.82 Å². The number of aromatic nitrogens is 2. The fraction of sp³-hybridized carbons (Fsp3) is 0.308. The predicted molar refractivity (Wildman–Crippen MR) is 70.1 cm³/mol. The number of hydrogen-bond acceptors (Lipinski definition) is 4. The Balaban J connectivity index is 2.11. The molecule has 5 nitrogen and oxygen atoms in total. The smallest absolute Gasteiger partial charge is 0.148 e. The van der Waals surface area contributed by atoms with Gasteiger partial charge in [0.05, 0.1) is 14.2 Å². The average Bonchev–Trinajstić information content (AvgIpc) is 2.81. The molecular weight excluding hydrogens is 230 g/mol. The van der Waals surface area contributed by atoms with E-state index in [1.807, 2.05) is 37.5 Å². The summed E-state index contributed by atoms with van der Waals surface area (Å²) in [6, 6.07) is 7.65. The van der Waals surface area contributed by atoms with Crippen LogP contribution in [-0.4, -0.2) is 24.0 Å². The first-order valence-electron chi connectivity index (χ1n) is 5.67. The second-order valence-electron chi connectivity index (χ2n) is 3.91. The van der Waals surface area contributed by atoms with E-state index in [1.54, 1.807) is 18.9 Å². The fourth-order valence-electron chi connectivity index (χ4n) is 1.72. The summed E-state index contributed by atoms with van der Waals surface area (Å²) in [5, 5.41) is 7.50. The minimum absolute atomic E-state index is 0.636. The molecule has 1 heterocycles. The molecule has 0 unspecified atom stereocenters. The second-order valence-corrected chi connectivity index (χ2v) is 3.91. The molecule has 0 radical (unpaired) electrons. The standard InChI is InChI=1S/C13H17N3O2/c1-16-7-6-13(15-16)14-9-10-8-11(17-2)4-5-12(10)18-3/h4-8H,9H2,1-3H3,(H,14,15). The Morgan fingerprint density at radius 2 is 2.06 bits per heavy atom. The number of anilines is 1. The Labute approximate surface area is 106 Å². The Morgan fingerprint density at radius 1 is 1.22 bits per heavy atom. The molecule has 1 aromatic heterocycles. The first kappa shape index (κ1) is 12.3. The normalized spacial score (nSPS) is 10.2. The third-order valence-corrected chi connectivity index (χ3v) is 2.66. The van der Waals surface area contributed by atoms with E-state index in [0.29, 0.717) is 6.54 Å². The van der Waals surface area contributed by atoms with Crippen LogP contribution < -0.4 is 14.8 Å². The van der Waals surface area contributed by atoms with Crippen LogP contribution in [-0.2, 0) is 13.6 Å². The lowest BCUT2D eigenvalue weighted by Crippen LogP contribution is -2.03. The van der Waals surface area contributed by atoms with Crippen LogP contribution in [0, 0.1) is 0 Å². The van der Waals surface area contributed by atoms with Crippen LogP contribution in [0.2, 0.25) is 0 Å². The summed E-state index contributed by atoms with van der Waals surface area (Å²) >= 11 is 0.